The number of hydrogen-bond acceptors (Lipinski definition) is 5. The molecular weight excluding hydrogens is 402 g/mol. The van der Waals surface area contributed by atoms with Gasteiger partial charge in [-0.2, -0.15) is 0 Å². The summed E-state index contributed by atoms with van der Waals surface area (Å²) >= 11 is 5.91. The van der Waals surface area contributed by atoms with E-state index in [-0.39, 0.29) is 10.7 Å². The lowest BCUT2D eigenvalue weighted by Crippen LogP contribution is -2.07. The van der Waals surface area contributed by atoms with Crippen molar-refractivity contribution in [1.29, 1.82) is 0 Å². The highest BCUT2D eigenvalue weighted by atomic mass is 35.5. The number of aliphatic imine (C=N–C) groups is 1. The molecule has 0 fully saturated rings. The third kappa shape index (κ3) is 3.75. The number of aromatic nitrogens is 2. The zero-order valence-corrected chi connectivity index (χ0v) is 17.1. The lowest BCUT2D eigenvalue weighted by molar-refractivity contribution is -0.384. The zero-order chi connectivity index (χ0) is 21.3. The molecule has 0 radical (unpaired) electrons. The Kier molecular flexibility index (Phi) is 5.20. The lowest BCUT2D eigenvalue weighted by atomic mass is 10.1. The molecule has 7 nitrogen and oxygen atoms in total. The number of anilines is 1. The molecule has 0 aliphatic heterocycles. The first-order valence-electron chi connectivity index (χ1n) is 9.17. The minimum Gasteiger partial charge on any atom is -0.378 e. The summed E-state index contributed by atoms with van der Waals surface area (Å²) in [5, 5.41) is 11.2. The van der Waals surface area contributed by atoms with Crippen molar-refractivity contribution >= 4 is 40.7 Å². The second-order valence-electron chi connectivity index (χ2n) is 6.88. The average Bonchev–Trinajstić information content (AvgIpc) is 3.11. The number of rotatable bonds is 5. The van der Waals surface area contributed by atoms with Gasteiger partial charge in [-0.3, -0.25) is 14.5 Å². The smallest absolute Gasteiger partial charge is 0.288 e. The average molecular weight is 420 g/mol. The number of benzene rings is 2. The van der Waals surface area contributed by atoms with Crippen molar-refractivity contribution < 1.29 is 4.92 Å². The predicted molar refractivity (Wildman–Crippen MR) is 120 cm³/mol. The molecule has 0 unspecified atom stereocenters. The van der Waals surface area contributed by atoms with Crippen LogP contribution in [0.2, 0.25) is 5.02 Å². The van der Waals surface area contributed by atoms with Gasteiger partial charge in [-0.25, -0.2) is 9.98 Å². The molecule has 4 aromatic rings. The number of fused-ring (bicyclic) bond motifs is 1. The molecule has 8 heteroatoms. The quantitative estimate of drug-likeness (QED) is 0.247. The highest BCUT2D eigenvalue weighted by Crippen LogP contribution is 2.32. The van der Waals surface area contributed by atoms with Crippen LogP contribution in [0.15, 0.2) is 71.9 Å². The van der Waals surface area contributed by atoms with E-state index in [4.69, 9.17) is 16.6 Å². The van der Waals surface area contributed by atoms with Crippen LogP contribution in [0.5, 0.6) is 0 Å². The van der Waals surface area contributed by atoms with E-state index in [2.05, 4.69) is 4.99 Å². The Labute approximate surface area is 178 Å². The van der Waals surface area contributed by atoms with Gasteiger partial charge in [0.15, 0.2) is 5.82 Å². The Morgan fingerprint density at radius 2 is 1.90 bits per heavy atom. The molecule has 30 heavy (non-hydrogen) atoms. The minimum absolute atomic E-state index is 0.0913. The van der Waals surface area contributed by atoms with Crippen molar-refractivity contribution in [3.05, 3.63) is 87.6 Å². The summed E-state index contributed by atoms with van der Waals surface area (Å²) in [6.07, 6.45) is 3.47. The second kappa shape index (κ2) is 7.96. The van der Waals surface area contributed by atoms with E-state index in [1.165, 1.54) is 12.1 Å². The third-order valence-electron chi connectivity index (χ3n) is 4.66. The zero-order valence-electron chi connectivity index (χ0n) is 16.4. The number of nitro groups is 1. The first-order chi connectivity index (χ1) is 14.4. The summed E-state index contributed by atoms with van der Waals surface area (Å²) in [6, 6.07) is 18.4. The van der Waals surface area contributed by atoms with Crippen LogP contribution in [0.4, 0.5) is 17.2 Å². The molecular formula is C22H18ClN5O2. The van der Waals surface area contributed by atoms with Gasteiger partial charge in [0.25, 0.3) is 5.69 Å². The maximum atomic E-state index is 11.2. The summed E-state index contributed by atoms with van der Waals surface area (Å²) in [6.45, 7) is 0. The predicted octanol–water partition coefficient (Wildman–Crippen LogP) is 5.38. The number of pyridine rings is 1. The summed E-state index contributed by atoms with van der Waals surface area (Å²) in [5.74, 6) is 0.640. The van der Waals surface area contributed by atoms with Gasteiger partial charge in [0.2, 0.25) is 0 Å². The van der Waals surface area contributed by atoms with E-state index < -0.39 is 4.92 Å². The molecule has 2 heterocycles. The summed E-state index contributed by atoms with van der Waals surface area (Å²) in [7, 11) is 3.97. The molecule has 2 aromatic carbocycles. The van der Waals surface area contributed by atoms with Gasteiger partial charge < -0.3 is 4.90 Å². The van der Waals surface area contributed by atoms with Crippen molar-refractivity contribution in [1.82, 2.24) is 9.38 Å². The molecule has 0 aliphatic rings. The molecule has 0 spiro atoms. The van der Waals surface area contributed by atoms with E-state index in [1.54, 1.807) is 12.3 Å². The Hall–Kier alpha value is -3.71. The summed E-state index contributed by atoms with van der Waals surface area (Å²) in [5.41, 5.74) is 3.92. The third-order valence-corrected chi connectivity index (χ3v) is 4.98. The number of nitro benzene ring substituents is 1. The molecule has 0 bridgehead atoms. The van der Waals surface area contributed by atoms with Crippen LogP contribution in [-0.2, 0) is 0 Å². The molecule has 2 aromatic heterocycles. The standard InChI is InChI=1S/C22H18ClN5O2/c1-26(2)17-9-7-16(8-10-17)21-22(27-12-4-3-5-20(27)25-21)24-14-15-6-11-18(23)19(13-15)28(29)30/h3-14H,1-2H3. The van der Waals surface area contributed by atoms with Crippen LogP contribution >= 0.6 is 11.6 Å². The number of halogens is 1. The topological polar surface area (TPSA) is 76.0 Å². The molecule has 0 saturated carbocycles. The second-order valence-corrected chi connectivity index (χ2v) is 7.29. The lowest BCUT2D eigenvalue weighted by Gasteiger charge is -2.12. The van der Waals surface area contributed by atoms with E-state index >= 15 is 0 Å². The van der Waals surface area contributed by atoms with Crippen LogP contribution in [-0.4, -0.2) is 34.6 Å². The normalized spacial score (nSPS) is 11.3. The minimum atomic E-state index is -0.508. The highest BCUT2D eigenvalue weighted by Gasteiger charge is 2.15. The van der Waals surface area contributed by atoms with Crippen molar-refractivity contribution in [2.45, 2.75) is 0 Å². The summed E-state index contributed by atoms with van der Waals surface area (Å²) < 4.78 is 1.88. The number of nitrogens with zero attached hydrogens (tertiary/aromatic N) is 5. The Morgan fingerprint density at radius 1 is 1.13 bits per heavy atom. The molecule has 0 atom stereocenters. The largest absolute Gasteiger partial charge is 0.378 e. The van der Waals surface area contributed by atoms with E-state index in [0.29, 0.717) is 11.4 Å². The molecule has 0 N–H and O–H groups in total. The Morgan fingerprint density at radius 3 is 2.60 bits per heavy atom. The first-order valence-corrected chi connectivity index (χ1v) is 9.54. The first kappa shape index (κ1) is 19.6. The van der Waals surface area contributed by atoms with E-state index in [9.17, 15) is 10.1 Å². The summed E-state index contributed by atoms with van der Waals surface area (Å²) in [4.78, 5) is 22.0. The molecule has 0 amide bonds. The Balaban J connectivity index is 1.80. The van der Waals surface area contributed by atoms with Gasteiger partial charge >= 0.3 is 0 Å². The molecule has 0 aliphatic carbocycles. The van der Waals surface area contributed by atoms with Crippen LogP contribution < -0.4 is 4.90 Å². The fourth-order valence-corrected chi connectivity index (χ4v) is 3.29. The monoisotopic (exact) mass is 419 g/mol. The van der Waals surface area contributed by atoms with Crippen molar-refractivity contribution in [3.63, 3.8) is 0 Å². The SMILES string of the molecule is CN(C)c1ccc(-c2nc3ccccn3c2N=Cc2ccc(Cl)c([N+](=O)[O-])c2)cc1. The van der Waals surface area contributed by atoms with Gasteiger partial charge in [0.1, 0.15) is 16.4 Å². The van der Waals surface area contributed by atoms with Gasteiger partial charge in [0, 0.05) is 43.8 Å². The molecule has 150 valence electrons. The van der Waals surface area contributed by atoms with E-state index in [0.717, 1.165) is 22.6 Å². The van der Waals surface area contributed by atoms with Gasteiger partial charge in [0.05, 0.1) is 4.92 Å². The van der Waals surface area contributed by atoms with Crippen LogP contribution in [0.25, 0.3) is 16.9 Å². The van der Waals surface area contributed by atoms with Gasteiger partial charge in [-0.15, -0.1) is 0 Å². The fraction of sp³-hybridized carbons (Fsp3) is 0.0909. The molecule has 4 rings (SSSR count). The fourth-order valence-electron chi connectivity index (χ4n) is 3.10. The van der Waals surface area contributed by atoms with Crippen molar-refractivity contribution in [3.8, 4) is 11.3 Å². The van der Waals surface area contributed by atoms with Crippen LogP contribution in [0.3, 0.4) is 0 Å². The van der Waals surface area contributed by atoms with Crippen LogP contribution in [0.1, 0.15) is 5.56 Å². The number of hydrogen-bond donors (Lipinski definition) is 0. The maximum absolute atomic E-state index is 11.2. The number of imidazole rings is 1. The van der Waals surface area contributed by atoms with Gasteiger partial charge in [-0.05, 0) is 35.9 Å². The molecule has 0 saturated heterocycles. The Bertz CT molecular complexity index is 1260. The van der Waals surface area contributed by atoms with Crippen molar-refractivity contribution in [2.75, 3.05) is 19.0 Å². The highest BCUT2D eigenvalue weighted by molar-refractivity contribution is 6.32. The van der Waals surface area contributed by atoms with E-state index in [1.807, 2.05) is 72.1 Å². The maximum Gasteiger partial charge on any atom is 0.288 e. The van der Waals surface area contributed by atoms with Crippen molar-refractivity contribution in [2.24, 2.45) is 4.99 Å². The van der Waals surface area contributed by atoms with Crippen LogP contribution in [0, 0.1) is 10.1 Å². The van der Waals surface area contributed by atoms with Gasteiger partial charge in [-0.1, -0.05) is 35.9 Å².